The van der Waals surface area contributed by atoms with Crippen LogP contribution in [0.1, 0.15) is 12.5 Å². The lowest BCUT2D eigenvalue weighted by atomic mass is 10.2. The number of benzene rings is 1. The zero-order valence-electron chi connectivity index (χ0n) is 11.4. The highest BCUT2D eigenvalue weighted by Gasteiger charge is 2.28. The molecule has 4 nitrogen and oxygen atoms in total. The molecule has 20 heavy (non-hydrogen) atoms. The Kier molecular flexibility index (Phi) is 5.42. The number of nitrogens with zero attached hydrogens (tertiary/aromatic N) is 1. The van der Waals surface area contributed by atoms with Gasteiger partial charge in [0.1, 0.15) is 10.7 Å². The van der Waals surface area contributed by atoms with Crippen LogP contribution in [0.25, 0.3) is 0 Å². The molecule has 0 saturated carbocycles. The molecule has 1 N–H and O–H groups in total. The van der Waals surface area contributed by atoms with Gasteiger partial charge in [-0.1, -0.05) is 13.0 Å². The number of halogens is 1. The second kappa shape index (κ2) is 6.89. The van der Waals surface area contributed by atoms with Crippen molar-refractivity contribution in [3.63, 3.8) is 0 Å². The summed E-state index contributed by atoms with van der Waals surface area (Å²) in [6.07, 6.45) is 0. The third kappa shape index (κ3) is 3.52. The maximum atomic E-state index is 14.1. The Labute approximate surface area is 123 Å². The first-order chi connectivity index (χ1) is 9.55. The van der Waals surface area contributed by atoms with E-state index in [-0.39, 0.29) is 4.90 Å². The van der Waals surface area contributed by atoms with Gasteiger partial charge in [0.15, 0.2) is 0 Å². The van der Waals surface area contributed by atoms with Crippen LogP contribution < -0.4 is 5.32 Å². The molecule has 0 bridgehead atoms. The lowest BCUT2D eigenvalue weighted by Crippen LogP contribution is -2.38. The van der Waals surface area contributed by atoms with Crippen molar-refractivity contribution in [2.45, 2.75) is 18.4 Å². The average Bonchev–Trinajstić information content (AvgIpc) is 2.46. The summed E-state index contributed by atoms with van der Waals surface area (Å²) in [7, 11) is -3.71. The Hall–Kier alpha value is -0.630. The molecule has 2 rings (SSSR count). The van der Waals surface area contributed by atoms with Crippen LogP contribution in [0.5, 0.6) is 0 Å². The smallest absolute Gasteiger partial charge is 0.246 e. The van der Waals surface area contributed by atoms with Crippen LogP contribution in [-0.2, 0) is 16.6 Å². The lowest BCUT2D eigenvalue weighted by molar-refractivity contribution is 0.438. The third-order valence-corrected chi connectivity index (χ3v) is 6.04. The molecule has 0 aliphatic carbocycles. The van der Waals surface area contributed by atoms with Crippen LogP contribution in [0.15, 0.2) is 23.1 Å². The summed E-state index contributed by atoms with van der Waals surface area (Å²) in [4.78, 5) is -0.218. The third-order valence-electron chi connectivity index (χ3n) is 3.16. The number of nitrogens with one attached hydrogen (secondary N) is 1. The van der Waals surface area contributed by atoms with E-state index < -0.39 is 15.8 Å². The summed E-state index contributed by atoms with van der Waals surface area (Å²) in [5.74, 6) is 0.859. The zero-order chi connectivity index (χ0) is 14.6. The van der Waals surface area contributed by atoms with Crippen LogP contribution in [0, 0.1) is 5.82 Å². The van der Waals surface area contributed by atoms with E-state index in [4.69, 9.17) is 0 Å². The largest absolute Gasteiger partial charge is 0.313 e. The lowest BCUT2D eigenvalue weighted by Gasteiger charge is -2.25. The van der Waals surface area contributed by atoms with Crippen LogP contribution in [0.3, 0.4) is 0 Å². The van der Waals surface area contributed by atoms with Gasteiger partial charge in [0.05, 0.1) is 0 Å². The molecule has 0 unspecified atom stereocenters. The van der Waals surface area contributed by atoms with Crippen LogP contribution >= 0.6 is 11.8 Å². The van der Waals surface area contributed by atoms with Crippen molar-refractivity contribution in [1.29, 1.82) is 0 Å². The average molecular weight is 318 g/mol. The number of sulfonamides is 1. The van der Waals surface area contributed by atoms with Gasteiger partial charge in [-0.15, -0.1) is 0 Å². The molecule has 1 saturated heterocycles. The second-order valence-electron chi connectivity index (χ2n) is 4.56. The van der Waals surface area contributed by atoms with Crippen molar-refractivity contribution in [1.82, 2.24) is 9.62 Å². The molecular weight excluding hydrogens is 299 g/mol. The highest BCUT2D eigenvalue weighted by molar-refractivity contribution is 7.99. The van der Waals surface area contributed by atoms with Gasteiger partial charge in [-0.2, -0.15) is 16.1 Å². The Morgan fingerprint density at radius 3 is 2.65 bits per heavy atom. The van der Waals surface area contributed by atoms with Crippen molar-refractivity contribution < 1.29 is 12.8 Å². The predicted molar refractivity (Wildman–Crippen MR) is 79.9 cm³/mol. The molecule has 0 spiro atoms. The molecule has 0 radical (unpaired) electrons. The van der Waals surface area contributed by atoms with Crippen molar-refractivity contribution >= 4 is 21.8 Å². The van der Waals surface area contributed by atoms with E-state index in [2.05, 4.69) is 5.32 Å². The molecule has 112 valence electrons. The molecular formula is C13H19FN2O2S2. The molecule has 7 heteroatoms. The van der Waals surface area contributed by atoms with Crippen LogP contribution in [-0.4, -0.2) is 43.9 Å². The van der Waals surface area contributed by atoms with Crippen LogP contribution in [0.4, 0.5) is 4.39 Å². The number of hydrogen-bond acceptors (Lipinski definition) is 4. The summed E-state index contributed by atoms with van der Waals surface area (Å²) in [6.45, 7) is 4.18. The fourth-order valence-electron chi connectivity index (χ4n) is 2.06. The molecule has 1 heterocycles. The Balaban J connectivity index is 2.23. The maximum Gasteiger partial charge on any atom is 0.246 e. The summed E-state index contributed by atoms with van der Waals surface area (Å²) in [6, 6.07) is 4.34. The quantitative estimate of drug-likeness (QED) is 0.897. The van der Waals surface area contributed by atoms with Gasteiger partial charge < -0.3 is 5.32 Å². The monoisotopic (exact) mass is 318 g/mol. The minimum atomic E-state index is -3.71. The van der Waals surface area contributed by atoms with E-state index in [0.717, 1.165) is 23.6 Å². The summed E-state index contributed by atoms with van der Waals surface area (Å²) >= 11 is 1.72. The van der Waals surface area contributed by atoms with Gasteiger partial charge in [-0.25, -0.2) is 12.8 Å². The highest BCUT2D eigenvalue weighted by atomic mass is 32.2. The van der Waals surface area contributed by atoms with E-state index in [9.17, 15) is 12.8 Å². The summed E-state index contributed by atoms with van der Waals surface area (Å²) in [5.41, 5.74) is 0.748. The van der Waals surface area contributed by atoms with E-state index in [1.165, 1.54) is 16.4 Å². The van der Waals surface area contributed by atoms with E-state index in [1.54, 1.807) is 17.8 Å². The molecule has 1 aliphatic heterocycles. The molecule has 0 aromatic heterocycles. The molecule has 1 fully saturated rings. The fourth-order valence-corrected chi connectivity index (χ4v) is 4.68. The van der Waals surface area contributed by atoms with Crippen molar-refractivity contribution in [3.05, 3.63) is 29.6 Å². The fraction of sp³-hybridized carbons (Fsp3) is 0.538. The number of thioether (sulfide) groups is 1. The number of hydrogen-bond donors (Lipinski definition) is 1. The van der Waals surface area contributed by atoms with Gasteiger partial charge in [-0.05, 0) is 24.2 Å². The normalized spacial score (nSPS) is 17.3. The molecule has 0 amide bonds. The molecule has 1 aromatic carbocycles. The Morgan fingerprint density at radius 1 is 1.35 bits per heavy atom. The first-order valence-electron chi connectivity index (χ1n) is 6.62. The van der Waals surface area contributed by atoms with Gasteiger partial charge in [-0.3, -0.25) is 0 Å². The molecule has 1 aliphatic rings. The minimum absolute atomic E-state index is 0.218. The first-order valence-corrected chi connectivity index (χ1v) is 9.22. The molecule has 1 aromatic rings. The van der Waals surface area contributed by atoms with Gasteiger partial charge >= 0.3 is 0 Å². The first kappa shape index (κ1) is 15.8. The second-order valence-corrected chi connectivity index (χ2v) is 7.69. The van der Waals surface area contributed by atoms with Crippen molar-refractivity contribution in [2.75, 3.05) is 31.1 Å². The van der Waals surface area contributed by atoms with E-state index in [1.807, 2.05) is 6.92 Å². The van der Waals surface area contributed by atoms with Gasteiger partial charge in [0.25, 0.3) is 0 Å². The predicted octanol–water partition coefficient (Wildman–Crippen LogP) is 1.67. The Morgan fingerprint density at radius 2 is 2.05 bits per heavy atom. The topological polar surface area (TPSA) is 49.4 Å². The summed E-state index contributed by atoms with van der Waals surface area (Å²) in [5, 5.41) is 3.08. The standard InChI is InChI=1S/C13H19FN2O2S2/c1-2-15-10-11-3-4-13(12(14)9-11)20(17,18)16-5-7-19-8-6-16/h3-4,9,15H,2,5-8,10H2,1H3. The van der Waals surface area contributed by atoms with Gasteiger partial charge in [0, 0.05) is 31.1 Å². The maximum absolute atomic E-state index is 14.1. The molecule has 0 atom stereocenters. The van der Waals surface area contributed by atoms with Gasteiger partial charge in [0.2, 0.25) is 10.0 Å². The number of rotatable bonds is 5. The SMILES string of the molecule is CCNCc1ccc(S(=O)(=O)N2CCSCC2)c(F)c1. The highest BCUT2D eigenvalue weighted by Crippen LogP contribution is 2.23. The van der Waals surface area contributed by atoms with Crippen molar-refractivity contribution in [3.8, 4) is 0 Å². The van der Waals surface area contributed by atoms with E-state index in [0.29, 0.717) is 19.6 Å². The zero-order valence-corrected chi connectivity index (χ0v) is 13.1. The van der Waals surface area contributed by atoms with Crippen LogP contribution in [0.2, 0.25) is 0 Å². The minimum Gasteiger partial charge on any atom is -0.313 e. The van der Waals surface area contributed by atoms with Crippen molar-refractivity contribution in [2.24, 2.45) is 0 Å². The Bertz CT molecular complexity index is 557. The summed E-state index contributed by atoms with van der Waals surface area (Å²) < 4.78 is 40.2. The van der Waals surface area contributed by atoms with E-state index >= 15 is 0 Å².